The molecule has 0 aliphatic rings. The van der Waals surface area contributed by atoms with Crippen molar-refractivity contribution in [3.8, 4) is 17.0 Å². The third-order valence-electron chi connectivity index (χ3n) is 3.91. The fourth-order valence-corrected chi connectivity index (χ4v) is 4.42. The molecule has 0 aliphatic carbocycles. The summed E-state index contributed by atoms with van der Waals surface area (Å²) in [6.45, 7) is 2.48. The summed E-state index contributed by atoms with van der Waals surface area (Å²) in [5.41, 5.74) is 2.12. The molecule has 150 valence electrons. The molecule has 0 unspecified atom stereocenters. The highest BCUT2D eigenvalue weighted by atomic mass is 32.2. The van der Waals surface area contributed by atoms with Gasteiger partial charge in [0, 0.05) is 18.2 Å². The highest BCUT2D eigenvalue weighted by molar-refractivity contribution is 8.01. The van der Waals surface area contributed by atoms with Gasteiger partial charge in [-0.1, -0.05) is 53.4 Å². The van der Waals surface area contributed by atoms with Gasteiger partial charge in [0.1, 0.15) is 16.4 Å². The van der Waals surface area contributed by atoms with Gasteiger partial charge in [0.2, 0.25) is 5.91 Å². The number of ether oxygens (including phenoxy) is 1. The van der Waals surface area contributed by atoms with E-state index in [-0.39, 0.29) is 17.6 Å². The zero-order valence-corrected chi connectivity index (χ0v) is 17.7. The fourth-order valence-electron chi connectivity index (χ4n) is 2.48. The van der Waals surface area contributed by atoms with Gasteiger partial charge < -0.3 is 15.4 Å². The number of anilines is 1. The van der Waals surface area contributed by atoms with E-state index >= 15 is 0 Å². The van der Waals surface area contributed by atoms with E-state index < -0.39 is 0 Å². The first-order chi connectivity index (χ1) is 14.1. The first kappa shape index (κ1) is 20.9. The van der Waals surface area contributed by atoms with Gasteiger partial charge in [-0.05, 0) is 31.2 Å². The average Bonchev–Trinajstić information content (AvgIpc) is 3.16. The Hall–Kier alpha value is -2.84. The Bertz CT molecular complexity index is 973. The Balaban J connectivity index is 1.83. The van der Waals surface area contributed by atoms with Crippen LogP contribution in [0, 0.1) is 0 Å². The molecule has 0 bridgehead atoms. The number of hydrogen-bond acceptors (Lipinski definition) is 6. The third kappa shape index (κ3) is 5.58. The molecule has 8 heteroatoms. The Labute approximate surface area is 177 Å². The van der Waals surface area contributed by atoms with E-state index in [0.717, 1.165) is 15.7 Å². The number of amides is 2. The fraction of sp³-hybridized carbons (Fsp3) is 0.190. The first-order valence-corrected chi connectivity index (χ1v) is 10.8. The molecule has 1 aromatic heterocycles. The molecule has 0 aliphatic heterocycles. The summed E-state index contributed by atoms with van der Waals surface area (Å²) in [5, 5.41) is 6.20. The molecule has 0 fully saturated rings. The predicted octanol–water partition coefficient (Wildman–Crippen LogP) is 4.30. The van der Waals surface area contributed by atoms with E-state index in [1.54, 1.807) is 31.3 Å². The second kappa shape index (κ2) is 10.1. The first-order valence-electron chi connectivity index (χ1n) is 9.04. The van der Waals surface area contributed by atoms with Crippen molar-refractivity contribution >= 4 is 39.9 Å². The van der Waals surface area contributed by atoms with Crippen LogP contribution >= 0.6 is 23.1 Å². The van der Waals surface area contributed by atoms with Crippen molar-refractivity contribution in [2.75, 3.05) is 24.7 Å². The van der Waals surface area contributed by atoms with E-state index in [4.69, 9.17) is 4.74 Å². The van der Waals surface area contributed by atoms with Gasteiger partial charge in [0.15, 0.2) is 4.34 Å². The van der Waals surface area contributed by atoms with Crippen LogP contribution in [0.1, 0.15) is 17.3 Å². The molecule has 2 amide bonds. The Morgan fingerprint density at radius 3 is 2.48 bits per heavy atom. The number of rotatable bonds is 8. The third-order valence-corrected chi connectivity index (χ3v) is 6.03. The molecule has 0 atom stereocenters. The quantitative estimate of drug-likeness (QED) is 0.524. The van der Waals surface area contributed by atoms with Gasteiger partial charge in [-0.15, -0.1) is 0 Å². The smallest absolute Gasteiger partial charge is 0.256 e. The molecule has 6 nitrogen and oxygen atoms in total. The summed E-state index contributed by atoms with van der Waals surface area (Å²) in [7, 11) is 1.60. The number of hydrogen-bond donors (Lipinski definition) is 2. The van der Waals surface area contributed by atoms with E-state index in [1.807, 2.05) is 37.3 Å². The average molecular weight is 428 g/mol. The van der Waals surface area contributed by atoms with Crippen molar-refractivity contribution in [1.29, 1.82) is 0 Å². The lowest BCUT2D eigenvalue weighted by Gasteiger charge is -2.07. The lowest BCUT2D eigenvalue weighted by molar-refractivity contribution is -0.118. The van der Waals surface area contributed by atoms with Crippen molar-refractivity contribution in [2.45, 2.75) is 11.3 Å². The van der Waals surface area contributed by atoms with Crippen LogP contribution in [0.25, 0.3) is 11.3 Å². The van der Waals surface area contributed by atoms with E-state index in [0.29, 0.717) is 22.9 Å². The molecule has 2 N–H and O–H groups in total. The number of carbonyl (C=O) groups excluding carboxylic acids is 2. The zero-order valence-electron chi connectivity index (χ0n) is 16.1. The number of aromatic nitrogens is 1. The molecular formula is C21H21N3O3S2. The normalized spacial score (nSPS) is 10.4. The highest BCUT2D eigenvalue weighted by Gasteiger charge is 2.17. The van der Waals surface area contributed by atoms with E-state index in [2.05, 4.69) is 15.6 Å². The minimum atomic E-state index is -0.225. The molecule has 0 spiro atoms. The van der Waals surface area contributed by atoms with Gasteiger partial charge in [0.25, 0.3) is 5.91 Å². The van der Waals surface area contributed by atoms with Crippen molar-refractivity contribution in [1.82, 2.24) is 10.3 Å². The van der Waals surface area contributed by atoms with Gasteiger partial charge in [-0.2, -0.15) is 0 Å². The summed E-state index contributed by atoms with van der Waals surface area (Å²) in [5.74, 6) is 0.688. The van der Waals surface area contributed by atoms with Crippen molar-refractivity contribution in [2.24, 2.45) is 0 Å². The maximum atomic E-state index is 12.7. The van der Waals surface area contributed by atoms with Crippen molar-refractivity contribution in [3.63, 3.8) is 0 Å². The maximum Gasteiger partial charge on any atom is 0.256 e. The summed E-state index contributed by atoms with van der Waals surface area (Å²) in [4.78, 5) is 28.9. The lowest BCUT2D eigenvalue weighted by Crippen LogP contribution is -2.19. The highest BCUT2D eigenvalue weighted by Crippen LogP contribution is 2.37. The van der Waals surface area contributed by atoms with Gasteiger partial charge in [-0.25, -0.2) is 4.98 Å². The Morgan fingerprint density at radius 2 is 1.83 bits per heavy atom. The van der Waals surface area contributed by atoms with Crippen LogP contribution in [-0.2, 0) is 4.79 Å². The van der Waals surface area contributed by atoms with Gasteiger partial charge in [0.05, 0.1) is 12.4 Å². The van der Waals surface area contributed by atoms with Crippen LogP contribution in [0.3, 0.4) is 0 Å². The Morgan fingerprint density at radius 1 is 1.10 bits per heavy atom. The van der Waals surface area contributed by atoms with Crippen LogP contribution in [0.5, 0.6) is 5.75 Å². The topological polar surface area (TPSA) is 80.3 Å². The largest absolute Gasteiger partial charge is 0.494 e. The molecule has 0 radical (unpaired) electrons. The number of carbonyl (C=O) groups is 2. The summed E-state index contributed by atoms with van der Waals surface area (Å²) in [6.07, 6.45) is 0. The molecule has 29 heavy (non-hydrogen) atoms. The summed E-state index contributed by atoms with van der Waals surface area (Å²) in [6, 6.07) is 16.6. The minimum absolute atomic E-state index is 0.0774. The lowest BCUT2D eigenvalue weighted by atomic mass is 10.1. The number of thioether (sulfide) groups is 1. The molecule has 3 aromatic rings. The minimum Gasteiger partial charge on any atom is -0.494 e. The van der Waals surface area contributed by atoms with Crippen LogP contribution in [0.2, 0.25) is 0 Å². The number of benzene rings is 2. The molecular weight excluding hydrogens is 406 g/mol. The number of nitrogens with one attached hydrogen (secondary N) is 2. The maximum absolute atomic E-state index is 12.7. The van der Waals surface area contributed by atoms with Crippen molar-refractivity contribution < 1.29 is 14.3 Å². The molecule has 2 aromatic carbocycles. The predicted molar refractivity (Wildman–Crippen MR) is 118 cm³/mol. The second-order valence-electron chi connectivity index (χ2n) is 5.90. The van der Waals surface area contributed by atoms with Crippen molar-refractivity contribution in [3.05, 3.63) is 60.2 Å². The Kier molecular flexibility index (Phi) is 7.26. The van der Waals surface area contributed by atoms with Crippen LogP contribution in [-0.4, -0.2) is 36.2 Å². The summed E-state index contributed by atoms with van der Waals surface area (Å²) < 4.78 is 6.14. The summed E-state index contributed by atoms with van der Waals surface area (Å²) >= 11 is 2.70. The van der Waals surface area contributed by atoms with E-state index in [1.165, 1.54) is 23.1 Å². The van der Waals surface area contributed by atoms with Crippen LogP contribution in [0.4, 0.5) is 5.00 Å². The van der Waals surface area contributed by atoms with Crippen LogP contribution in [0.15, 0.2) is 58.9 Å². The molecule has 3 rings (SSSR count). The SMILES string of the molecule is CCOc1ccc(C(=O)Nc2sc(SCC(=O)NC)nc2-c2ccccc2)cc1. The van der Waals surface area contributed by atoms with Gasteiger partial charge >= 0.3 is 0 Å². The standard InChI is InChI=1S/C21H21N3O3S2/c1-3-27-16-11-9-15(10-12-16)19(26)24-20-18(14-7-5-4-6-8-14)23-21(29-20)28-13-17(25)22-2/h4-12H,3,13H2,1-2H3,(H,22,25)(H,24,26). The zero-order chi connectivity index (χ0) is 20.6. The monoisotopic (exact) mass is 427 g/mol. The number of nitrogens with zero attached hydrogens (tertiary/aromatic N) is 1. The molecule has 0 saturated carbocycles. The second-order valence-corrected chi connectivity index (χ2v) is 8.12. The molecule has 1 heterocycles. The van der Waals surface area contributed by atoms with Crippen LogP contribution < -0.4 is 15.4 Å². The number of thiazole rings is 1. The van der Waals surface area contributed by atoms with Gasteiger partial charge in [-0.3, -0.25) is 9.59 Å². The van der Waals surface area contributed by atoms with E-state index in [9.17, 15) is 9.59 Å². The molecule has 0 saturated heterocycles.